The quantitative estimate of drug-likeness (QED) is 0.543. The molecule has 0 unspecified atom stereocenters. The number of carboxylic acid groups (broad SMARTS) is 1. The van der Waals surface area contributed by atoms with Crippen LogP contribution in [0, 0.1) is 0 Å². The maximum absolute atomic E-state index is 11.9. The number of piperazine rings is 1. The van der Waals surface area contributed by atoms with E-state index < -0.39 is 16.2 Å². The van der Waals surface area contributed by atoms with Gasteiger partial charge < -0.3 is 14.9 Å². The first kappa shape index (κ1) is 14.0. The molecule has 0 radical (unpaired) electrons. The van der Waals surface area contributed by atoms with Gasteiger partial charge in [0, 0.05) is 26.2 Å². The second-order valence-corrected chi connectivity index (χ2v) is 6.34. The smallest absolute Gasteiger partial charge is 0.394 e. The third-order valence-electron chi connectivity index (χ3n) is 2.55. The number of halogens is 1. The van der Waals surface area contributed by atoms with Gasteiger partial charge in [0.1, 0.15) is 0 Å². The van der Waals surface area contributed by atoms with Gasteiger partial charge in [0.25, 0.3) is 0 Å². The summed E-state index contributed by atoms with van der Waals surface area (Å²) in [6.45, 7) is 4.77. The monoisotopic (exact) mass is 306 g/mol. The van der Waals surface area contributed by atoms with Gasteiger partial charge in [0.15, 0.2) is 0 Å². The molecule has 0 aromatic carbocycles. The average Bonchev–Trinajstić information content (AvgIpc) is 2.26. The molecule has 7 heteroatoms. The average molecular weight is 307 g/mol. The molecule has 1 aliphatic rings. The topological polar surface area (TPSA) is 77.9 Å². The summed E-state index contributed by atoms with van der Waals surface area (Å²) in [5.74, 6) is -2.42. The van der Waals surface area contributed by atoms with E-state index in [9.17, 15) is 14.4 Å². The Hall–Kier alpha value is -1.11. The maximum atomic E-state index is 11.9. The minimum absolute atomic E-state index is 0.0556. The van der Waals surface area contributed by atoms with Crippen molar-refractivity contribution in [3.05, 3.63) is 0 Å². The number of carbonyl (C=O) groups is 3. The first-order valence-electron chi connectivity index (χ1n) is 5.24. The Kier molecular flexibility index (Phi) is 4.13. The van der Waals surface area contributed by atoms with Crippen molar-refractivity contribution in [2.24, 2.45) is 0 Å². The van der Waals surface area contributed by atoms with Crippen LogP contribution in [-0.2, 0) is 14.4 Å². The summed E-state index contributed by atoms with van der Waals surface area (Å²) in [7, 11) is 0. The van der Waals surface area contributed by atoms with Gasteiger partial charge in [0.2, 0.25) is 5.91 Å². The summed E-state index contributed by atoms with van der Waals surface area (Å²) in [6.07, 6.45) is 0. The Balaban J connectivity index is 2.55. The molecule has 1 rings (SSSR count). The Morgan fingerprint density at radius 3 is 1.82 bits per heavy atom. The largest absolute Gasteiger partial charge is 0.474 e. The molecule has 0 aromatic heterocycles. The molecule has 2 amide bonds. The lowest BCUT2D eigenvalue weighted by molar-refractivity contribution is -0.157. The van der Waals surface area contributed by atoms with Gasteiger partial charge in [-0.05, 0) is 13.8 Å². The lowest BCUT2D eigenvalue weighted by Gasteiger charge is -2.36. The first-order valence-corrected chi connectivity index (χ1v) is 6.03. The zero-order chi connectivity index (χ0) is 13.2. The molecule has 96 valence electrons. The van der Waals surface area contributed by atoms with Crippen LogP contribution in [0.25, 0.3) is 0 Å². The molecule has 1 saturated heterocycles. The fourth-order valence-corrected chi connectivity index (χ4v) is 1.87. The van der Waals surface area contributed by atoms with Crippen LogP contribution in [0.3, 0.4) is 0 Å². The van der Waals surface area contributed by atoms with Gasteiger partial charge in [-0.25, -0.2) is 4.79 Å². The van der Waals surface area contributed by atoms with Crippen LogP contribution in [0.15, 0.2) is 0 Å². The van der Waals surface area contributed by atoms with E-state index in [0.29, 0.717) is 13.1 Å². The summed E-state index contributed by atoms with van der Waals surface area (Å²) < 4.78 is -0.633. The molecule has 0 bridgehead atoms. The van der Waals surface area contributed by atoms with E-state index in [0.717, 1.165) is 0 Å². The van der Waals surface area contributed by atoms with Crippen LogP contribution in [0.4, 0.5) is 0 Å². The number of carboxylic acids is 1. The SMILES string of the molecule is CC(C)(Br)C(=O)N1CCN(C(=O)C(=O)O)CC1. The molecular weight excluding hydrogens is 292 g/mol. The number of alkyl halides is 1. The summed E-state index contributed by atoms with van der Waals surface area (Å²) in [5, 5.41) is 8.56. The van der Waals surface area contributed by atoms with Gasteiger partial charge in [-0.2, -0.15) is 0 Å². The lowest BCUT2D eigenvalue weighted by Crippen LogP contribution is -2.54. The van der Waals surface area contributed by atoms with Gasteiger partial charge in [0.05, 0.1) is 4.32 Å². The van der Waals surface area contributed by atoms with Crippen LogP contribution < -0.4 is 0 Å². The van der Waals surface area contributed by atoms with E-state index in [1.165, 1.54) is 4.90 Å². The molecule has 17 heavy (non-hydrogen) atoms. The molecule has 1 aliphatic heterocycles. The number of rotatable bonds is 1. The molecule has 0 aliphatic carbocycles. The van der Waals surface area contributed by atoms with Crippen molar-refractivity contribution in [1.29, 1.82) is 0 Å². The normalized spacial score (nSPS) is 16.9. The minimum atomic E-state index is -1.45. The van der Waals surface area contributed by atoms with Crippen molar-refractivity contribution in [2.45, 2.75) is 18.2 Å². The fourth-order valence-electron chi connectivity index (χ4n) is 1.62. The predicted molar refractivity (Wildman–Crippen MR) is 63.8 cm³/mol. The fraction of sp³-hybridized carbons (Fsp3) is 0.700. The van der Waals surface area contributed by atoms with Crippen molar-refractivity contribution >= 4 is 33.7 Å². The van der Waals surface area contributed by atoms with E-state index >= 15 is 0 Å². The van der Waals surface area contributed by atoms with Gasteiger partial charge in [-0.3, -0.25) is 9.59 Å². The second-order valence-electron chi connectivity index (χ2n) is 4.36. The zero-order valence-electron chi connectivity index (χ0n) is 9.77. The third kappa shape index (κ3) is 3.42. The number of carbonyl (C=O) groups excluding carboxylic acids is 2. The van der Waals surface area contributed by atoms with Crippen molar-refractivity contribution in [3.8, 4) is 0 Å². The number of amides is 2. The molecule has 0 saturated carbocycles. The molecule has 0 atom stereocenters. The molecule has 1 fully saturated rings. The number of nitrogens with zero attached hydrogens (tertiary/aromatic N) is 2. The maximum Gasteiger partial charge on any atom is 0.394 e. The Morgan fingerprint density at radius 1 is 1.06 bits per heavy atom. The molecular formula is C10H15BrN2O4. The van der Waals surface area contributed by atoms with E-state index in [1.807, 2.05) is 0 Å². The van der Waals surface area contributed by atoms with E-state index in [1.54, 1.807) is 18.7 Å². The second kappa shape index (κ2) is 5.03. The van der Waals surface area contributed by atoms with Crippen LogP contribution in [0.1, 0.15) is 13.8 Å². The molecule has 6 nitrogen and oxygen atoms in total. The number of aliphatic carboxylic acids is 1. The highest BCUT2D eigenvalue weighted by Crippen LogP contribution is 2.20. The molecule has 0 aromatic rings. The van der Waals surface area contributed by atoms with Gasteiger partial charge in [-0.15, -0.1) is 0 Å². The van der Waals surface area contributed by atoms with Crippen molar-refractivity contribution in [3.63, 3.8) is 0 Å². The molecule has 1 heterocycles. The zero-order valence-corrected chi connectivity index (χ0v) is 11.4. The van der Waals surface area contributed by atoms with Crippen molar-refractivity contribution in [1.82, 2.24) is 9.80 Å². The summed E-state index contributed by atoms with van der Waals surface area (Å²) in [6, 6.07) is 0. The Morgan fingerprint density at radius 2 is 1.47 bits per heavy atom. The van der Waals surface area contributed by atoms with Crippen LogP contribution >= 0.6 is 15.9 Å². The van der Waals surface area contributed by atoms with E-state index in [2.05, 4.69) is 15.9 Å². The van der Waals surface area contributed by atoms with E-state index in [-0.39, 0.29) is 19.0 Å². The third-order valence-corrected chi connectivity index (χ3v) is 2.88. The summed E-state index contributed by atoms with van der Waals surface area (Å²) in [5.41, 5.74) is 0. The summed E-state index contributed by atoms with van der Waals surface area (Å²) >= 11 is 3.28. The highest BCUT2D eigenvalue weighted by atomic mass is 79.9. The first-order chi connectivity index (χ1) is 7.73. The predicted octanol–water partition coefficient (Wildman–Crippen LogP) is -0.0847. The lowest BCUT2D eigenvalue weighted by atomic mass is 10.1. The van der Waals surface area contributed by atoms with Crippen LogP contribution in [-0.4, -0.2) is 63.2 Å². The highest BCUT2D eigenvalue weighted by molar-refractivity contribution is 9.10. The number of hydrogen-bond donors (Lipinski definition) is 1. The molecule has 0 spiro atoms. The standard InChI is InChI=1S/C10H15BrN2O4/c1-10(2,11)9(17)13-5-3-12(4-6-13)7(14)8(15)16/h3-6H2,1-2H3,(H,15,16). The van der Waals surface area contributed by atoms with E-state index in [4.69, 9.17) is 5.11 Å². The highest BCUT2D eigenvalue weighted by Gasteiger charge is 2.33. The van der Waals surface area contributed by atoms with Gasteiger partial charge >= 0.3 is 11.9 Å². The van der Waals surface area contributed by atoms with Crippen molar-refractivity contribution < 1.29 is 19.5 Å². The Bertz CT molecular complexity index is 343. The van der Waals surface area contributed by atoms with Crippen molar-refractivity contribution in [2.75, 3.05) is 26.2 Å². The van der Waals surface area contributed by atoms with Crippen LogP contribution in [0.2, 0.25) is 0 Å². The Labute approximate surface area is 108 Å². The van der Waals surface area contributed by atoms with Gasteiger partial charge in [-0.1, -0.05) is 15.9 Å². The number of hydrogen-bond acceptors (Lipinski definition) is 3. The van der Waals surface area contributed by atoms with Crippen LogP contribution in [0.5, 0.6) is 0 Å². The minimum Gasteiger partial charge on any atom is -0.474 e. The molecule has 1 N–H and O–H groups in total. The summed E-state index contributed by atoms with van der Waals surface area (Å²) in [4.78, 5) is 36.4.